The Labute approximate surface area is 264 Å². The molecule has 45 heavy (non-hydrogen) atoms. The zero-order valence-electron chi connectivity index (χ0n) is 25.1. The SMILES string of the molecule is Cc1ccc(-c2ccc3c(c2)c2cc(-c4ccc(N(c5ccccc5)c5ccccc5)cc4)ccc2n3-c2ccccc2)cc1. The highest BCUT2D eigenvalue weighted by Crippen LogP contribution is 2.39. The standard InChI is InChI=1S/C43H32N2/c1-31-17-19-32(20-18-31)34-23-27-42-40(29-34)41-30-35(24-28-43(41)45(42)38-15-9-4-10-16-38)33-21-25-39(26-22-33)44(36-11-5-2-6-12-36)37-13-7-3-8-14-37/h2-30H,1H3. The molecule has 0 amide bonds. The number of hydrogen-bond donors (Lipinski definition) is 0. The summed E-state index contributed by atoms with van der Waals surface area (Å²) in [5.74, 6) is 0. The van der Waals surface area contributed by atoms with Crippen LogP contribution >= 0.6 is 0 Å². The normalized spacial score (nSPS) is 11.2. The second kappa shape index (κ2) is 11.3. The third-order valence-corrected chi connectivity index (χ3v) is 8.65. The molecular formula is C43H32N2. The van der Waals surface area contributed by atoms with E-state index in [1.807, 2.05) is 0 Å². The van der Waals surface area contributed by atoms with Gasteiger partial charge in [-0.2, -0.15) is 0 Å². The van der Waals surface area contributed by atoms with Gasteiger partial charge in [0.05, 0.1) is 11.0 Å². The van der Waals surface area contributed by atoms with Gasteiger partial charge in [-0.1, -0.05) is 109 Å². The largest absolute Gasteiger partial charge is 0.311 e. The van der Waals surface area contributed by atoms with Crippen LogP contribution in [0.2, 0.25) is 0 Å². The Kier molecular flexibility index (Phi) is 6.73. The molecule has 8 aromatic rings. The van der Waals surface area contributed by atoms with Crippen molar-refractivity contribution in [2.75, 3.05) is 4.90 Å². The third kappa shape index (κ3) is 4.97. The molecule has 0 aliphatic rings. The molecule has 214 valence electrons. The van der Waals surface area contributed by atoms with E-state index < -0.39 is 0 Å². The van der Waals surface area contributed by atoms with Crippen molar-refractivity contribution in [3.05, 3.63) is 181 Å². The Hall–Kier alpha value is -5.86. The number of rotatable bonds is 6. The van der Waals surface area contributed by atoms with Crippen LogP contribution in [-0.4, -0.2) is 4.57 Å². The average molecular weight is 577 g/mol. The minimum absolute atomic E-state index is 1.13. The Balaban J connectivity index is 1.25. The summed E-state index contributed by atoms with van der Waals surface area (Å²) in [5, 5.41) is 2.50. The van der Waals surface area contributed by atoms with Crippen molar-refractivity contribution in [3.63, 3.8) is 0 Å². The summed E-state index contributed by atoms with van der Waals surface area (Å²) in [4.78, 5) is 2.30. The van der Waals surface area contributed by atoms with Gasteiger partial charge in [-0.05, 0) is 102 Å². The first-order chi connectivity index (χ1) is 22.2. The maximum Gasteiger partial charge on any atom is 0.0541 e. The monoisotopic (exact) mass is 576 g/mol. The first-order valence-electron chi connectivity index (χ1n) is 15.4. The quantitative estimate of drug-likeness (QED) is 0.191. The molecule has 1 heterocycles. The lowest BCUT2D eigenvalue weighted by atomic mass is 9.99. The molecule has 0 aliphatic carbocycles. The van der Waals surface area contributed by atoms with Crippen LogP contribution in [-0.2, 0) is 0 Å². The second-order valence-electron chi connectivity index (χ2n) is 11.6. The number of anilines is 3. The highest BCUT2D eigenvalue weighted by Gasteiger charge is 2.16. The Morgan fingerprint density at radius 1 is 0.378 bits per heavy atom. The molecule has 2 nitrogen and oxygen atoms in total. The molecule has 0 spiro atoms. The third-order valence-electron chi connectivity index (χ3n) is 8.65. The van der Waals surface area contributed by atoms with Gasteiger partial charge in [0.25, 0.3) is 0 Å². The van der Waals surface area contributed by atoms with Crippen LogP contribution in [0.15, 0.2) is 176 Å². The fourth-order valence-electron chi connectivity index (χ4n) is 6.39. The molecule has 0 saturated carbocycles. The molecule has 0 bridgehead atoms. The van der Waals surface area contributed by atoms with Gasteiger partial charge in [0, 0.05) is 33.5 Å². The molecule has 2 heteroatoms. The molecule has 0 atom stereocenters. The summed E-state index contributed by atoms with van der Waals surface area (Å²) in [7, 11) is 0. The smallest absolute Gasteiger partial charge is 0.0541 e. The predicted molar refractivity (Wildman–Crippen MR) is 191 cm³/mol. The van der Waals surface area contributed by atoms with Gasteiger partial charge < -0.3 is 9.47 Å². The summed E-state index contributed by atoms with van der Waals surface area (Å²) in [6, 6.07) is 63.2. The highest BCUT2D eigenvalue weighted by atomic mass is 15.1. The number of hydrogen-bond acceptors (Lipinski definition) is 1. The molecule has 0 aliphatic heterocycles. The molecular weight excluding hydrogens is 544 g/mol. The van der Waals surface area contributed by atoms with E-state index in [4.69, 9.17) is 0 Å². The Morgan fingerprint density at radius 2 is 0.778 bits per heavy atom. The van der Waals surface area contributed by atoms with Crippen molar-refractivity contribution in [1.82, 2.24) is 4.57 Å². The number of benzene rings is 7. The zero-order valence-corrected chi connectivity index (χ0v) is 25.1. The zero-order chi connectivity index (χ0) is 30.2. The fraction of sp³-hybridized carbons (Fsp3) is 0.0233. The Morgan fingerprint density at radius 3 is 1.27 bits per heavy atom. The van der Waals surface area contributed by atoms with Crippen molar-refractivity contribution in [2.24, 2.45) is 0 Å². The number of aryl methyl sites for hydroxylation is 1. The van der Waals surface area contributed by atoms with Crippen LogP contribution in [0, 0.1) is 6.92 Å². The highest BCUT2D eigenvalue weighted by molar-refractivity contribution is 6.11. The van der Waals surface area contributed by atoms with E-state index in [2.05, 4.69) is 192 Å². The minimum atomic E-state index is 1.13. The summed E-state index contributed by atoms with van der Waals surface area (Å²) < 4.78 is 2.38. The summed E-state index contributed by atoms with van der Waals surface area (Å²) in [6.07, 6.45) is 0. The lowest BCUT2D eigenvalue weighted by Crippen LogP contribution is -2.09. The fourth-order valence-corrected chi connectivity index (χ4v) is 6.39. The van der Waals surface area contributed by atoms with E-state index in [1.165, 1.54) is 55.3 Å². The molecule has 1 aromatic heterocycles. The molecule has 8 rings (SSSR count). The van der Waals surface area contributed by atoms with Crippen molar-refractivity contribution in [2.45, 2.75) is 6.92 Å². The lowest BCUT2D eigenvalue weighted by Gasteiger charge is -2.25. The second-order valence-corrected chi connectivity index (χ2v) is 11.6. The summed E-state index contributed by atoms with van der Waals surface area (Å²) in [5.41, 5.74) is 13.1. The van der Waals surface area contributed by atoms with Gasteiger partial charge in [-0.15, -0.1) is 0 Å². The van der Waals surface area contributed by atoms with Gasteiger partial charge in [0.15, 0.2) is 0 Å². The van der Waals surface area contributed by atoms with Gasteiger partial charge in [0.2, 0.25) is 0 Å². The van der Waals surface area contributed by atoms with Gasteiger partial charge in [-0.25, -0.2) is 0 Å². The number of para-hydroxylation sites is 3. The predicted octanol–water partition coefficient (Wildman–Crippen LogP) is 11.9. The number of nitrogens with zero attached hydrogens (tertiary/aromatic N) is 2. The van der Waals surface area contributed by atoms with Crippen LogP contribution in [0.25, 0.3) is 49.7 Å². The maximum absolute atomic E-state index is 2.38. The molecule has 0 unspecified atom stereocenters. The topological polar surface area (TPSA) is 8.17 Å². The maximum atomic E-state index is 2.38. The lowest BCUT2D eigenvalue weighted by molar-refractivity contribution is 1.18. The van der Waals surface area contributed by atoms with Crippen LogP contribution in [0.5, 0.6) is 0 Å². The van der Waals surface area contributed by atoms with Gasteiger partial charge >= 0.3 is 0 Å². The molecule has 7 aromatic carbocycles. The van der Waals surface area contributed by atoms with Crippen LogP contribution in [0.3, 0.4) is 0 Å². The molecule has 0 radical (unpaired) electrons. The Bertz CT molecular complexity index is 2190. The first kappa shape index (κ1) is 26.7. The number of fused-ring (bicyclic) bond motifs is 3. The average Bonchev–Trinajstić information content (AvgIpc) is 3.43. The minimum Gasteiger partial charge on any atom is -0.311 e. The van der Waals surface area contributed by atoms with Crippen molar-refractivity contribution in [1.29, 1.82) is 0 Å². The number of aromatic nitrogens is 1. The first-order valence-corrected chi connectivity index (χ1v) is 15.4. The van der Waals surface area contributed by atoms with E-state index in [1.54, 1.807) is 0 Å². The van der Waals surface area contributed by atoms with Crippen LogP contribution in [0.4, 0.5) is 17.1 Å². The van der Waals surface area contributed by atoms with Crippen LogP contribution < -0.4 is 4.90 Å². The summed E-state index contributed by atoms with van der Waals surface area (Å²) >= 11 is 0. The van der Waals surface area contributed by atoms with Crippen molar-refractivity contribution >= 4 is 38.9 Å². The van der Waals surface area contributed by atoms with Gasteiger partial charge in [0.1, 0.15) is 0 Å². The van der Waals surface area contributed by atoms with E-state index in [-0.39, 0.29) is 0 Å². The van der Waals surface area contributed by atoms with E-state index in [0.29, 0.717) is 0 Å². The molecule has 0 saturated heterocycles. The summed E-state index contributed by atoms with van der Waals surface area (Å²) in [6.45, 7) is 2.13. The van der Waals surface area contributed by atoms with E-state index >= 15 is 0 Å². The van der Waals surface area contributed by atoms with Crippen LogP contribution in [0.1, 0.15) is 5.56 Å². The van der Waals surface area contributed by atoms with Crippen molar-refractivity contribution < 1.29 is 0 Å². The van der Waals surface area contributed by atoms with Gasteiger partial charge in [-0.3, -0.25) is 0 Å². The van der Waals surface area contributed by atoms with E-state index in [0.717, 1.165) is 17.1 Å². The molecule has 0 N–H and O–H groups in total. The van der Waals surface area contributed by atoms with E-state index in [9.17, 15) is 0 Å². The molecule has 0 fully saturated rings. The van der Waals surface area contributed by atoms with Crippen molar-refractivity contribution in [3.8, 4) is 27.9 Å².